The Kier molecular flexibility index (Phi) is 11.8. The molecule has 2 aromatic rings. The molecule has 0 aromatic heterocycles. The zero-order valence-electron chi connectivity index (χ0n) is 20.6. The minimum Gasteiger partial charge on any atom is -0.354 e. The number of amides is 2. The first kappa shape index (κ1) is 30.2. The molecule has 0 saturated carbocycles. The van der Waals surface area contributed by atoms with Gasteiger partial charge in [-0.2, -0.15) is 0 Å². The number of anilines is 1. The van der Waals surface area contributed by atoms with Crippen LogP contribution in [0.15, 0.2) is 42.5 Å². The van der Waals surface area contributed by atoms with Gasteiger partial charge >= 0.3 is 0 Å². The van der Waals surface area contributed by atoms with E-state index in [0.717, 1.165) is 23.4 Å². The van der Waals surface area contributed by atoms with Gasteiger partial charge in [-0.15, -0.1) is 0 Å². The second-order valence-electron chi connectivity index (χ2n) is 8.47. The van der Waals surface area contributed by atoms with Crippen molar-refractivity contribution in [3.05, 3.63) is 63.1 Å². The van der Waals surface area contributed by atoms with E-state index in [2.05, 4.69) is 5.32 Å². The zero-order valence-corrected chi connectivity index (χ0v) is 23.7. The maximum Gasteiger partial charge on any atom is 0.242 e. The van der Waals surface area contributed by atoms with Crippen LogP contribution in [0.5, 0.6) is 0 Å². The lowest BCUT2D eigenvalue weighted by molar-refractivity contribution is -0.140. The number of hydrogen-bond acceptors (Lipinski definition) is 4. The number of sulfonamides is 1. The maximum atomic E-state index is 13.3. The molecule has 11 heteroatoms. The molecule has 0 aliphatic rings. The lowest BCUT2D eigenvalue weighted by Crippen LogP contribution is -2.48. The molecular weight excluding hydrogens is 545 g/mol. The van der Waals surface area contributed by atoms with Crippen molar-refractivity contribution >= 4 is 62.3 Å². The number of hydrogen-bond donors (Lipinski definition) is 1. The van der Waals surface area contributed by atoms with Crippen LogP contribution in [-0.2, 0) is 26.2 Å². The molecule has 0 spiro atoms. The Bertz CT molecular complexity index is 1160. The summed E-state index contributed by atoms with van der Waals surface area (Å²) in [6.07, 6.45) is 3.06. The molecule has 0 fully saturated rings. The van der Waals surface area contributed by atoms with Crippen LogP contribution < -0.4 is 9.62 Å². The fourth-order valence-corrected chi connectivity index (χ4v) is 5.19. The molecule has 0 heterocycles. The van der Waals surface area contributed by atoms with Crippen molar-refractivity contribution in [2.75, 3.05) is 23.7 Å². The molecule has 198 valence electrons. The molecule has 2 aromatic carbocycles. The first-order valence-electron chi connectivity index (χ1n) is 11.7. The van der Waals surface area contributed by atoms with Crippen LogP contribution in [0.25, 0.3) is 0 Å². The Hall–Kier alpha value is -2.00. The lowest BCUT2D eigenvalue weighted by Gasteiger charge is -2.30. The van der Waals surface area contributed by atoms with E-state index in [1.54, 1.807) is 31.2 Å². The van der Waals surface area contributed by atoms with Gasteiger partial charge < -0.3 is 10.2 Å². The summed E-state index contributed by atoms with van der Waals surface area (Å²) in [5.41, 5.74) is 0.958. The van der Waals surface area contributed by atoms with Crippen LogP contribution in [0, 0.1) is 0 Å². The van der Waals surface area contributed by atoms with Crippen LogP contribution in [0.4, 0.5) is 5.69 Å². The highest BCUT2D eigenvalue weighted by Crippen LogP contribution is 2.31. The van der Waals surface area contributed by atoms with Crippen molar-refractivity contribution in [2.45, 2.75) is 52.1 Å². The third-order valence-corrected chi connectivity index (χ3v) is 7.73. The summed E-state index contributed by atoms with van der Waals surface area (Å²) in [6, 6.07) is 11.0. The molecule has 1 N–H and O–H groups in total. The molecule has 7 nitrogen and oxygen atoms in total. The smallest absolute Gasteiger partial charge is 0.242 e. The largest absolute Gasteiger partial charge is 0.354 e. The molecule has 0 aliphatic carbocycles. The number of carbonyl (C=O) groups excluding carboxylic acids is 2. The predicted molar refractivity (Wildman–Crippen MR) is 147 cm³/mol. The van der Waals surface area contributed by atoms with Gasteiger partial charge in [0.05, 0.1) is 17.0 Å². The molecule has 0 aliphatic heterocycles. The van der Waals surface area contributed by atoms with Crippen molar-refractivity contribution < 1.29 is 18.0 Å². The van der Waals surface area contributed by atoms with Gasteiger partial charge in [-0.3, -0.25) is 13.9 Å². The van der Waals surface area contributed by atoms with Crippen LogP contribution in [0.1, 0.15) is 45.1 Å². The number of carbonyl (C=O) groups is 2. The monoisotopic (exact) mass is 575 g/mol. The summed E-state index contributed by atoms with van der Waals surface area (Å²) in [7, 11) is -3.69. The number of unbranched alkanes of at least 4 members (excludes halogenated alkanes) is 1. The van der Waals surface area contributed by atoms with E-state index in [-0.39, 0.29) is 48.5 Å². The summed E-state index contributed by atoms with van der Waals surface area (Å²) in [5.74, 6) is -0.550. The average molecular weight is 577 g/mol. The van der Waals surface area contributed by atoms with Gasteiger partial charge in [-0.25, -0.2) is 8.42 Å². The van der Waals surface area contributed by atoms with Gasteiger partial charge in [0, 0.05) is 36.1 Å². The molecule has 0 saturated heterocycles. The third-order valence-electron chi connectivity index (χ3n) is 5.62. The first-order chi connectivity index (χ1) is 17.0. The Balaban J connectivity index is 2.19. The van der Waals surface area contributed by atoms with Gasteiger partial charge in [0.2, 0.25) is 21.8 Å². The van der Waals surface area contributed by atoms with E-state index in [1.165, 1.54) is 17.0 Å². The SMILES string of the molecule is CCCCNC(=O)[C@H](C)N(Cc1ccccc1Cl)C(=O)CCCN(c1cc(Cl)ccc1Cl)S(C)(=O)=O. The first-order valence-corrected chi connectivity index (χ1v) is 14.7. The summed E-state index contributed by atoms with van der Waals surface area (Å²) in [4.78, 5) is 27.5. The van der Waals surface area contributed by atoms with E-state index < -0.39 is 16.1 Å². The van der Waals surface area contributed by atoms with Gasteiger partial charge in [0.15, 0.2) is 0 Å². The number of rotatable bonds is 13. The van der Waals surface area contributed by atoms with E-state index in [9.17, 15) is 18.0 Å². The van der Waals surface area contributed by atoms with Crippen molar-refractivity contribution in [3.8, 4) is 0 Å². The summed E-state index contributed by atoms with van der Waals surface area (Å²) < 4.78 is 26.1. The predicted octanol–water partition coefficient (Wildman–Crippen LogP) is 5.53. The van der Waals surface area contributed by atoms with E-state index >= 15 is 0 Å². The van der Waals surface area contributed by atoms with Crippen LogP contribution in [0.3, 0.4) is 0 Å². The van der Waals surface area contributed by atoms with E-state index in [4.69, 9.17) is 34.8 Å². The Labute approximate surface area is 228 Å². The van der Waals surface area contributed by atoms with Crippen molar-refractivity contribution in [1.82, 2.24) is 10.2 Å². The fourth-order valence-electron chi connectivity index (χ4n) is 3.59. The van der Waals surface area contributed by atoms with Crippen LogP contribution >= 0.6 is 34.8 Å². The number of benzene rings is 2. The quantitative estimate of drug-likeness (QED) is 0.318. The minimum atomic E-state index is -3.69. The molecule has 2 rings (SSSR count). The molecule has 0 radical (unpaired) electrons. The van der Waals surface area contributed by atoms with Gasteiger partial charge in [0.1, 0.15) is 6.04 Å². The maximum absolute atomic E-state index is 13.3. The Morgan fingerprint density at radius 2 is 1.72 bits per heavy atom. The van der Waals surface area contributed by atoms with Crippen molar-refractivity contribution in [1.29, 1.82) is 0 Å². The second kappa shape index (κ2) is 14.1. The number of nitrogens with one attached hydrogen (secondary N) is 1. The van der Waals surface area contributed by atoms with Crippen LogP contribution in [0.2, 0.25) is 15.1 Å². The summed E-state index contributed by atoms with van der Waals surface area (Å²) in [5, 5.41) is 3.93. The highest BCUT2D eigenvalue weighted by Gasteiger charge is 2.27. The number of nitrogens with zero attached hydrogens (tertiary/aromatic N) is 2. The van der Waals surface area contributed by atoms with E-state index in [0.29, 0.717) is 22.2 Å². The molecule has 0 unspecified atom stereocenters. The summed E-state index contributed by atoms with van der Waals surface area (Å²) >= 11 is 18.6. The molecule has 36 heavy (non-hydrogen) atoms. The highest BCUT2D eigenvalue weighted by molar-refractivity contribution is 7.92. The highest BCUT2D eigenvalue weighted by atomic mass is 35.5. The Morgan fingerprint density at radius 3 is 2.36 bits per heavy atom. The van der Waals surface area contributed by atoms with E-state index in [1.807, 2.05) is 13.0 Å². The van der Waals surface area contributed by atoms with Gasteiger partial charge in [0.25, 0.3) is 0 Å². The molecular formula is C25H32Cl3N3O4S. The minimum absolute atomic E-state index is 0.0151. The lowest BCUT2D eigenvalue weighted by atomic mass is 10.1. The standard InChI is InChI=1S/C25H32Cl3N3O4S/c1-4-5-14-29-25(33)18(2)30(17-19-9-6-7-10-21(19)27)24(32)11-8-15-31(36(3,34)35)23-16-20(26)12-13-22(23)28/h6-7,9-10,12-13,16,18H,4-5,8,11,14-15,17H2,1-3H3,(H,29,33)/t18-/m0/s1. The second-order valence-corrected chi connectivity index (χ2v) is 11.6. The van der Waals surface area contributed by atoms with Crippen molar-refractivity contribution in [2.24, 2.45) is 0 Å². The average Bonchev–Trinajstić information content (AvgIpc) is 2.81. The molecule has 1 atom stereocenters. The normalized spacial score (nSPS) is 12.2. The zero-order chi connectivity index (χ0) is 26.9. The molecule has 0 bridgehead atoms. The van der Waals surface area contributed by atoms with Gasteiger partial charge in [-0.05, 0) is 49.6 Å². The topological polar surface area (TPSA) is 86.8 Å². The van der Waals surface area contributed by atoms with Crippen molar-refractivity contribution in [3.63, 3.8) is 0 Å². The van der Waals surface area contributed by atoms with Crippen LogP contribution in [-0.4, -0.2) is 50.5 Å². The molecule has 2 amide bonds. The summed E-state index contributed by atoms with van der Waals surface area (Å²) in [6.45, 7) is 4.39. The fraction of sp³-hybridized carbons (Fsp3) is 0.440. The number of halogens is 3. The van der Waals surface area contributed by atoms with Gasteiger partial charge in [-0.1, -0.05) is 66.3 Å². The Morgan fingerprint density at radius 1 is 1.03 bits per heavy atom. The third kappa shape index (κ3) is 8.83.